The van der Waals surface area contributed by atoms with Gasteiger partial charge in [-0.2, -0.15) is 14.6 Å². The number of benzene rings is 1. The number of aryl methyl sites for hydroxylation is 1. The first kappa shape index (κ1) is 17.2. The Morgan fingerprint density at radius 1 is 1.19 bits per heavy atom. The van der Waals surface area contributed by atoms with E-state index in [2.05, 4.69) is 37.9 Å². The van der Waals surface area contributed by atoms with Gasteiger partial charge in [-0.15, -0.1) is 0 Å². The van der Waals surface area contributed by atoms with Crippen molar-refractivity contribution in [2.45, 2.75) is 19.9 Å². The number of aromatic nitrogens is 4. The van der Waals surface area contributed by atoms with E-state index in [4.69, 9.17) is 11.6 Å². The molecule has 3 aromatic rings. The molecular weight excluding hydrogens is 355 g/mol. The zero-order valence-corrected chi connectivity index (χ0v) is 15.3. The summed E-state index contributed by atoms with van der Waals surface area (Å²) in [5.74, 6) is 1.39. The minimum absolute atomic E-state index is 0.244. The third-order valence-corrected chi connectivity index (χ3v) is 5.14. The van der Waals surface area contributed by atoms with Crippen molar-refractivity contribution in [2.24, 2.45) is 0 Å². The molecule has 1 aromatic carbocycles. The first-order chi connectivity index (χ1) is 12.7. The molecule has 1 aliphatic heterocycles. The summed E-state index contributed by atoms with van der Waals surface area (Å²) in [7, 11) is 0. The maximum Gasteiger partial charge on any atom is 0.254 e. The Balaban J connectivity index is 1.50. The summed E-state index contributed by atoms with van der Waals surface area (Å²) in [6, 6.07) is 6.91. The second-order valence-corrected chi connectivity index (χ2v) is 6.80. The van der Waals surface area contributed by atoms with Crippen LogP contribution in [0.25, 0.3) is 5.78 Å². The molecule has 1 saturated heterocycles. The molecule has 0 amide bonds. The topological polar surface area (TPSA) is 49.6 Å². The molecule has 2 aromatic heterocycles. The van der Waals surface area contributed by atoms with Gasteiger partial charge in [-0.3, -0.25) is 4.90 Å². The Labute approximate surface area is 156 Å². The highest BCUT2D eigenvalue weighted by Gasteiger charge is 2.22. The molecule has 0 N–H and O–H groups in total. The fourth-order valence-corrected chi connectivity index (χ4v) is 3.52. The maximum atomic E-state index is 14.0. The van der Waals surface area contributed by atoms with Gasteiger partial charge >= 0.3 is 0 Å². The maximum absolute atomic E-state index is 14.0. The second-order valence-electron chi connectivity index (χ2n) is 6.39. The first-order valence-electron chi connectivity index (χ1n) is 8.75. The van der Waals surface area contributed by atoms with Crippen LogP contribution in [-0.2, 0) is 13.0 Å². The summed E-state index contributed by atoms with van der Waals surface area (Å²) in [5, 5.41) is 4.78. The molecular formula is C18H20ClFN6. The Morgan fingerprint density at radius 3 is 2.73 bits per heavy atom. The lowest BCUT2D eigenvalue weighted by atomic mass is 10.2. The molecule has 0 spiro atoms. The van der Waals surface area contributed by atoms with Crippen molar-refractivity contribution in [3.63, 3.8) is 0 Å². The van der Waals surface area contributed by atoms with Crippen molar-refractivity contribution >= 4 is 23.2 Å². The molecule has 8 heteroatoms. The Morgan fingerprint density at radius 2 is 2.00 bits per heavy atom. The van der Waals surface area contributed by atoms with Gasteiger partial charge in [-0.05, 0) is 18.6 Å². The number of hydrogen-bond donors (Lipinski definition) is 0. The fourth-order valence-electron chi connectivity index (χ4n) is 3.29. The van der Waals surface area contributed by atoms with E-state index < -0.39 is 0 Å². The van der Waals surface area contributed by atoms with Crippen molar-refractivity contribution in [1.82, 2.24) is 24.5 Å². The van der Waals surface area contributed by atoms with E-state index in [1.54, 1.807) is 16.6 Å². The number of hydrogen-bond acceptors (Lipinski definition) is 5. The monoisotopic (exact) mass is 374 g/mol. The fraction of sp³-hybridized carbons (Fsp3) is 0.389. The van der Waals surface area contributed by atoms with Crippen LogP contribution in [0.15, 0.2) is 30.6 Å². The zero-order valence-electron chi connectivity index (χ0n) is 14.6. The van der Waals surface area contributed by atoms with Gasteiger partial charge in [0.2, 0.25) is 0 Å². The largest absolute Gasteiger partial charge is 0.354 e. The SMILES string of the molecule is CCc1cc(N2CCN(Cc3c(F)cccc3Cl)CC2)n2ncnc2n1. The van der Waals surface area contributed by atoms with Gasteiger partial charge in [-0.25, -0.2) is 9.37 Å². The number of anilines is 1. The predicted octanol–water partition coefficient (Wildman–Crippen LogP) is 2.80. The highest BCUT2D eigenvalue weighted by molar-refractivity contribution is 6.31. The van der Waals surface area contributed by atoms with Crippen LogP contribution in [0.1, 0.15) is 18.2 Å². The van der Waals surface area contributed by atoms with Crippen molar-refractivity contribution in [3.8, 4) is 0 Å². The van der Waals surface area contributed by atoms with Gasteiger partial charge in [-0.1, -0.05) is 24.6 Å². The van der Waals surface area contributed by atoms with Crippen molar-refractivity contribution in [2.75, 3.05) is 31.1 Å². The summed E-state index contributed by atoms with van der Waals surface area (Å²) in [6.45, 7) is 5.90. The molecule has 1 fully saturated rings. The summed E-state index contributed by atoms with van der Waals surface area (Å²) in [5.41, 5.74) is 1.57. The lowest BCUT2D eigenvalue weighted by molar-refractivity contribution is 0.246. The summed E-state index contributed by atoms with van der Waals surface area (Å²) in [4.78, 5) is 13.2. The van der Waals surface area contributed by atoms with Gasteiger partial charge in [0.25, 0.3) is 5.78 Å². The van der Waals surface area contributed by atoms with E-state index in [9.17, 15) is 4.39 Å². The molecule has 0 atom stereocenters. The van der Waals surface area contributed by atoms with E-state index >= 15 is 0 Å². The minimum Gasteiger partial charge on any atom is -0.354 e. The van der Waals surface area contributed by atoms with Crippen LogP contribution in [0.5, 0.6) is 0 Å². The van der Waals surface area contributed by atoms with Crippen LogP contribution in [-0.4, -0.2) is 50.7 Å². The quantitative estimate of drug-likeness (QED) is 0.702. The molecule has 136 valence electrons. The van der Waals surface area contributed by atoms with E-state index in [-0.39, 0.29) is 5.82 Å². The molecule has 4 rings (SSSR count). The average Bonchev–Trinajstić information content (AvgIpc) is 3.13. The van der Waals surface area contributed by atoms with Gasteiger partial charge in [0, 0.05) is 55.1 Å². The predicted molar refractivity (Wildman–Crippen MR) is 99.1 cm³/mol. The van der Waals surface area contributed by atoms with Gasteiger partial charge in [0.05, 0.1) is 0 Å². The number of piperazine rings is 1. The van der Waals surface area contributed by atoms with E-state index in [0.717, 1.165) is 44.1 Å². The summed E-state index contributed by atoms with van der Waals surface area (Å²) < 4.78 is 15.8. The highest BCUT2D eigenvalue weighted by atomic mass is 35.5. The normalized spacial score (nSPS) is 15.7. The average molecular weight is 375 g/mol. The molecule has 3 heterocycles. The van der Waals surface area contributed by atoms with Crippen molar-refractivity contribution in [3.05, 3.63) is 52.7 Å². The van der Waals surface area contributed by atoms with E-state index in [1.165, 1.54) is 12.4 Å². The van der Waals surface area contributed by atoms with Gasteiger partial charge in [0.1, 0.15) is 18.0 Å². The summed E-state index contributed by atoms with van der Waals surface area (Å²) in [6.07, 6.45) is 2.38. The second kappa shape index (κ2) is 7.17. The molecule has 0 saturated carbocycles. The molecule has 0 radical (unpaired) electrons. The Hall–Kier alpha value is -2.25. The summed E-state index contributed by atoms with van der Waals surface area (Å²) >= 11 is 6.16. The molecule has 0 unspecified atom stereocenters. The van der Waals surface area contributed by atoms with E-state index in [1.807, 2.05) is 0 Å². The Bertz CT molecular complexity index is 899. The number of rotatable bonds is 4. The van der Waals surface area contributed by atoms with Crippen LogP contribution in [0.4, 0.5) is 10.2 Å². The third kappa shape index (κ3) is 3.24. The molecule has 26 heavy (non-hydrogen) atoms. The van der Waals surface area contributed by atoms with Crippen LogP contribution < -0.4 is 4.90 Å². The lowest BCUT2D eigenvalue weighted by Crippen LogP contribution is -2.46. The van der Waals surface area contributed by atoms with E-state index in [0.29, 0.717) is 22.9 Å². The zero-order chi connectivity index (χ0) is 18.1. The lowest BCUT2D eigenvalue weighted by Gasteiger charge is -2.36. The number of fused-ring (bicyclic) bond motifs is 1. The van der Waals surface area contributed by atoms with Gasteiger partial charge < -0.3 is 4.90 Å². The van der Waals surface area contributed by atoms with Crippen LogP contribution in [0, 0.1) is 5.82 Å². The smallest absolute Gasteiger partial charge is 0.254 e. The minimum atomic E-state index is -0.244. The standard InChI is InChI=1S/C18H20ClFN6/c1-2-13-10-17(26-18(23-13)21-12-22-26)25-8-6-24(7-9-25)11-14-15(19)4-3-5-16(14)20/h3-5,10,12H,2,6-9,11H2,1H3. The molecule has 0 aliphatic carbocycles. The first-order valence-corrected chi connectivity index (χ1v) is 9.13. The molecule has 1 aliphatic rings. The van der Waals surface area contributed by atoms with Crippen LogP contribution in [0.2, 0.25) is 5.02 Å². The highest BCUT2D eigenvalue weighted by Crippen LogP contribution is 2.23. The molecule has 6 nitrogen and oxygen atoms in total. The number of halogens is 2. The van der Waals surface area contributed by atoms with Crippen LogP contribution in [0.3, 0.4) is 0 Å². The van der Waals surface area contributed by atoms with Crippen molar-refractivity contribution < 1.29 is 4.39 Å². The Kier molecular flexibility index (Phi) is 4.74. The van der Waals surface area contributed by atoms with Gasteiger partial charge in [0.15, 0.2) is 0 Å². The molecule has 0 bridgehead atoms. The van der Waals surface area contributed by atoms with Crippen molar-refractivity contribution in [1.29, 1.82) is 0 Å². The number of nitrogens with zero attached hydrogens (tertiary/aromatic N) is 6. The third-order valence-electron chi connectivity index (χ3n) is 4.79. The van der Waals surface area contributed by atoms with Crippen LogP contribution >= 0.6 is 11.6 Å².